The van der Waals surface area contributed by atoms with Crippen molar-refractivity contribution < 1.29 is 19.1 Å². The molecule has 3 saturated carbocycles. The van der Waals surface area contributed by atoms with E-state index in [0.717, 1.165) is 24.8 Å². The van der Waals surface area contributed by atoms with E-state index in [2.05, 4.69) is 6.92 Å². The number of fused-ring (bicyclic) bond motifs is 5. The molecule has 0 aliphatic heterocycles. The summed E-state index contributed by atoms with van der Waals surface area (Å²) in [7, 11) is 0. The first kappa shape index (κ1) is 15.5. The minimum Gasteiger partial charge on any atom is -0.389 e. The van der Waals surface area contributed by atoms with Gasteiger partial charge in [-0.15, -0.1) is 0 Å². The third-order valence-corrected chi connectivity index (χ3v) is 7.86. The number of halogens is 1. The molecule has 23 heavy (non-hydrogen) atoms. The molecule has 6 atom stereocenters. The van der Waals surface area contributed by atoms with Crippen molar-refractivity contribution in [2.75, 3.05) is 0 Å². The maximum absolute atomic E-state index is 14.2. The van der Waals surface area contributed by atoms with E-state index in [-0.39, 0.29) is 23.7 Å². The minimum absolute atomic E-state index is 0.0373. The smallest absolute Gasteiger partial charge is 0.189 e. The van der Waals surface area contributed by atoms with Crippen molar-refractivity contribution in [2.45, 2.75) is 70.6 Å². The van der Waals surface area contributed by atoms with E-state index >= 15 is 0 Å². The zero-order valence-electron chi connectivity index (χ0n) is 13.9. The van der Waals surface area contributed by atoms with Crippen molar-refractivity contribution >= 4 is 11.6 Å². The van der Waals surface area contributed by atoms with Gasteiger partial charge >= 0.3 is 0 Å². The molecule has 1 unspecified atom stereocenters. The third-order valence-electron chi connectivity index (χ3n) is 7.86. The average molecular weight is 320 g/mol. The molecule has 4 aliphatic rings. The van der Waals surface area contributed by atoms with Gasteiger partial charge < -0.3 is 5.11 Å². The topological polar surface area (TPSA) is 54.4 Å². The predicted molar refractivity (Wildman–Crippen MR) is 83.5 cm³/mol. The van der Waals surface area contributed by atoms with Crippen LogP contribution in [0.4, 0.5) is 4.39 Å². The van der Waals surface area contributed by atoms with Crippen molar-refractivity contribution in [2.24, 2.45) is 22.7 Å². The Morgan fingerprint density at radius 3 is 2.57 bits per heavy atom. The van der Waals surface area contributed by atoms with Gasteiger partial charge in [-0.1, -0.05) is 19.4 Å². The van der Waals surface area contributed by atoms with Crippen molar-refractivity contribution in [3.63, 3.8) is 0 Å². The lowest BCUT2D eigenvalue weighted by atomic mass is 9.45. The summed E-state index contributed by atoms with van der Waals surface area (Å²) in [6.45, 7) is 3.99. The van der Waals surface area contributed by atoms with Gasteiger partial charge in [0.15, 0.2) is 12.0 Å². The summed E-state index contributed by atoms with van der Waals surface area (Å²) < 4.78 is 14.2. The summed E-state index contributed by atoms with van der Waals surface area (Å²) in [4.78, 5) is 24.1. The van der Waals surface area contributed by atoms with Crippen LogP contribution in [0.25, 0.3) is 0 Å². The van der Waals surface area contributed by atoms with E-state index < -0.39 is 23.0 Å². The largest absolute Gasteiger partial charge is 0.389 e. The van der Waals surface area contributed by atoms with Crippen LogP contribution in [0.15, 0.2) is 11.6 Å². The van der Waals surface area contributed by atoms with Gasteiger partial charge in [0.05, 0.1) is 5.60 Å². The molecule has 0 amide bonds. The van der Waals surface area contributed by atoms with E-state index in [4.69, 9.17) is 0 Å². The first-order valence-corrected chi connectivity index (χ1v) is 8.87. The second-order valence-electron chi connectivity index (χ2n) is 8.63. The quantitative estimate of drug-likeness (QED) is 0.746. The van der Waals surface area contributed by atoms with Gasteiger partial charge in [-0.2, -0.15) is 0 Å². The van der Waals surface area contributed by atoms with Crippen LogP contribution in [0.3, 0.4) is 0 Å². The van der Waals surface area contributed by atoms with Crippen molar-refractivity contribution in [3.8, 4) is 0 Å². The highest BCUT2D eigenvalue weighted by atomic mass is 19.1. The molecule has 126 valence electrons. The van der Waals surface area contributed by atoms with Crippen LogP contribution in [-0.2, 0) is 9.59 Å². The Morgan fingerprint density at radius 1 is 1.13 bits per heavy atom. The molecule has 0 bridgehead atoms. The Kier molecular flexibility index (Phi) is 3.05. The molecule has 0 aromatic carbocycles. The molecule has 3 nitrogen and oxygen atoms in total. The van der Waals surface area contributed by atoms with Gasteiger partial charge in [0, 0.05) is 17.3 Å². The molecule has 0 saturated heterocycles. The summed E-state index contributed by atoms with van der Waals surface area (Å²) in [5.74, 6) is 0.118. The molecular formula is C19H25FO3. The number of carbonyl (C=O) groups excluding carboxylic acids is 2. The van der Waals surface area contributed by atoms with E-state index in [1.165, 1.54) is 6.08 Å². The lowest BCUT2D eigenvalue weighted by Gasteiger charge is -2.62. The van der Waals surface area contributed by atoms with E-state index in [0.29, 0.717) is 25.0 Å². The van der Waals surface area contributed by atoms with Crippen LogP contribution in [0.2, 0.25) is 0 Å². The van der Waals surface area contributed by atoms with Gasteiger partial charge in [-0.05, 0) is 56.4 Å². The van der Waals surface area contributed by atoms with Crippen molar-refractivity contribution in [1.82, 2.24) is 0 Å². The van der Waals surface area contributed by atoms with Crippen LogP contribution >= 0.6 is 0 Å². The zero-order valence-corrected chi connectivity index (χ0v) is 13.9. The Labute approximate surface area is 136 Å². The van der Waals surface area contributed by atoms with Crippen LogP contribution in [0.1, 0.15) is 58.8 Å². The molecule has 0 aromatic heterocycles. The number of rotatable bonds is 0. The van der Waals surface area contributed by atoms with Crippen molar-refractivity contribution in [3.05, 3.63) is 11.6 Å². The number of ketones is 2. The number of alkyl halides is 1. The monoisotopic (exact) mass is 320 g/mol. The standard InChI is InChI=1S/C19H25FO3/c1-17-7-8-19(23)13(12(17)5-6-16(17)22)4-3-11-9-15(21)14(20)10-18(11,19)2/h9,12-14,23H,3-8,10H2,1-2H3/t12-,13-,14?,17-,18-,19+/m0/s1. The highest BCUT2D eigenvalue weighted by Gasteiger charge is 2.66. The van der Waals surface area contributed by atoms with Crippen LogP contribution in [0, 0.1) is 22.7 Å². The van der Waals surface area contributed by atoms with Gasteiger partial charge in [0.1, 0.15) is 5.78 Å². The van der Waals surface area contributed by atoms with Crippen molar-refractivity contribution in [1.29, 1.82) is 0 Å². The fourth-order valence-electron chi connectivity index (χ4n) is 6.29. The van der Waals surface area contributed by atoms with Crippen LogP contribution < -0.4 is 0 Å². The second-order valence-corrected chi connectivity index (χ2v) is 8.63. The normalized spacial score (nSPS) is 52.5. The Balaban J connectivity index is 1.78. The number of carbonyl (C=O) groups is 2. The van der Waals surface area contributed by atoms with Gasteiger partial charge in [0.2, 0.25) is 0 Å². The molecular weight excluding hydrogens is 295 g/mol. The second kappa shape index (κ2) is 4.53. The number of Topliss-reactive ketones (excluding diaryl/α,β-unsaturated/α-hetero) is 1. The summed E-state index contributed by atoms with van der Waals surface area (Å²) in [5.41, 5.74) is -1.05. The molecule has 0 radical (unpaired) electrons. The van der Waals surface area contributed by atoms with Gasteiger partial charge in [-0.25, -0.2) is 4.39 Å². The van der Waals surface area contributed by atoms with Gasteiger partial charge in [0.25, 0.3) is 0 Å². The molecule has 1 N–H and O–H groups in total. The van der Waals surface area contributed by atoms with Gasteiger partial charge in [-0.3, -0.25) is 9.59 Å². The fraction of sp³-hybridized carbons (Fsp3) is 0.789. The maximum atomic E-state index is 14.2. The molecule has 3 fully saturated rings. The Morgan fingerprint density at radius 2 is 1.83 bits per heavy atom. The molecule has 0 heterocycles. The van der Waals surface area contributed by atoms with Crippen LogP contribution in [0.5, 0.6) is 0 Å². The molecule has 0 aromatic rings. The first-order valence-electron chi connectivity index (χ1n) is 8.87. The predicted octanol–water partition coefficient (Wildman–Crippen LogP) is 3.15. The van der Waals surface area contributed by atoms with Crippen LogP contribution in [-0.4, -0.2) is 28.4 Å². The highest BCUT2D eigenvalue weighted by Crippen LogP contribution is 2.66. The number of hydrogen-bond acceptors (Lipinski definition) is 3. The number of hydrogen-bond donors (Lipinski definition) is 1. The molecule has 4 rings (SSSR count). The maximum Gasteiger partial charge on any atom is 0.189 e. The van der Waals surface area contributed by atoms with E-state index in [1.54, 1.807) is 0 Å². The summed E-state index contributed by atoms with van der Waals surface area (Å²) in [5, 5.41) is 11.7. The molecule has 4 heteroatoms. The fourth-order valence-corrected chi connectivity index (χ4v) is 6.29. The first-order chi connectivity index (χ1) is 10.7. The molecule has 4 aliphatic carbocycles. The van der Waals surface area contributed by atoms with E-state index in [1.807, 2.05) is 6.92 Å². The Bertz CT molecular complexity index is 626. The average Bonchev–Trinajstić information content (AvgIpc) is 2.79. The minimum atomic E-state index is -1.51. The zero-order chi connectivity index (χ0) is 16.6. The third kappa shape index (κ3) is 1.73. The SMILES string of the molecule is C[C@]12CC(F)C(=O)C=C1CC[C@H]1[C@@H]3CCC(=O)[C@@]3(C)CC[C@@]12O. The Hall–Kier alpha value is -1.03. The molecule has 0 spiro atoms. The summed E-state index contributed by atoms with van der Waals surface area (Å²) >= 11 is 0. The summed E-state index contributed by atoms with van der Waals surface area (Å²) in [6.07, 6.45) is 4.23. The number of aliphatic hydroxyl groups is 1. The summed E-state index contributed by atoms with van der Waals surface area (Å²) in [6, 6.07) is 0. The lowest BCUT2D eigenvalue weighted by Crippen LogP contribution is -2.64. The lowest BCUT2D eigenvalue weighted by molar-refractivity contribution is -0.191. The highest BCUT2D eigenvalue weighted by molar-refractivity contribution is 5.95. The van der Waals surface area contributed by atoms with E-state index in [9.17, 15) is 19.1 Å².